The van der Waals surface area contributed by atoms with E-state index >= 15 is 0 Å². The summed E-state index contributed by atoms with van der Waals surface area (Å²) in [5.74, 6) is 0.0357. The Labute approximate surface area is 142 Å². The smallest absolute Gasteiger partial charge is 0.251 e. The first-order valence-electron chi connectivity index (χ1n) is 9.27. The van der Waals surface area contributed by atoms with E-state index in [2.05, 4.69) is 20.4 Å². The lowest BCUT2D eigenvalue weighted by molar-refractivity contribution is 0.0836. The van der Waals surface area contributed by atoms with Crippen molar-refractivity contribution in [2.24, 2.45) is 0 Å². The number of aromatic amines is 1. The summed E-state index contributed by atoms with van der Waals surface area (Å²) in [6, 6.07) is 6.72. The van der Waals surface area contributed by atoms with Crippen molar-refractivity contribution in [3.05, 3.63) is 30.0 Å². The van der Waals surface area contributed by atoms with Gasteiger partial charge in [-0.05, 0) is 50.4 Å². The van der Waals surface area contributed by atoms with E-state index in [9.17, 15) is 4.79 Å². The van der Waals surface area contributed by atoms with Gasteiger partial charge in [-0.1, -0.05) is 19.3 Å². The van der Waals surface area contributed by atoms with E-state index in [1.807, 2.05) is 18.2 Å². The molecule has 2 aromatic rings. The molecule has 2 N–H and O–H groups in total. The number of aromatic nitrogens is 2. The van der Waals surface area contributed by atoms with Crippen LogP contribution in [0.25, 0.3) is 10.9 Å². The van der Waals surface area contributed by atoms with E-state index < -0.39 is 0 Å². The fourth-order valence-corrected chi connectivity index (χ4v) is 4.25. The maximum absolute atomic E-state index is 12.6. The third kappa shape index (κ3) is 3.31. The van der Waals surface area contributed by atoms with Crippen molar-refractivity contribution in [3.63, 3.8) is 0 Å². The second-order valence-electron chi connectivity index (χ2n) is 7.27. The number of hydrogen-bond donors (Lipinski definition) is 2. The maximum atomic E-state index is 12.6. The lowest BCUT2D eigenvalue weighted by Crippen LogP contribution is -2.51. The number of piperidine rings is 1. The number of likely N-dealkylation sites (tertiary alicyclic amines) is 1. The fourth-order valence-electron chi connectivity index (χ4n) is 4.25. The van der Waals surface area contributed by atoms with Crippen LogP contribution in [0.1, 0.15) is 55.3 Å². The summed E-state index contributed by atoms with van der Waals surface area (Å²) < 4.78 is 0. The Bertz CT molecular complexity index is 704. The average Bonchev–Trinajstić information content (AvgIpc) is 3.10. The van der Waals surface area contributed by atoms with Gasteiger partial charge in [-0.3, -0.25) is 14.8 Å². The monoisotopic (exact) mass is 326 g/mol. The largest absolute Gasteiger partial charge is 0.348 e. The number of H-pyrrole nitrogens is 1. The summed E-state index contributed by atoms with van der Waals surface area (Å²) >= 11 is 0. The topological polar surface area (TPSA) is 61.0 Å². The second-order valence-corrected chi connectivity index (χ2v) is 7.27. The van der Waals surface area contributed by atoms with Crippen molar-refractivity contribution in [1.29, 1.82) is 0 Å². The Morgan fingerprint density at radius 2 is 2.04 bits per heavy atom. The van der Waals surface area contributed by atoms with Crippen LogP contribution in [0.5, 0.6) is 0 Å². The number of fused-ring (bicyclic) bond motifs is 1. The van der Waals surface area contributed by atoms with Gasteiger partial charge in [-0.25, -0.2) is 0 Å². The zero-order valence-corrected chi connectivity index (χ0v) is 14.1. The molecule has 1 atom stereocenters. The molecule has 1 saturated heterocycles. The maximum Gasteiger partial charge on any atom is 0.251 e. The Morgan fingerprint density at radius 1 is 1.17 bits per heavy atom. The van der Waals surface area contributed by atoms with Gasteiger partial charge in [0.2, 0.25) is 0 Å². The van der Waals surface area contributed by atoms with E-state index in [1.165, 1.54) is 45.1 Å². The van der Waals surface area contributed by atoms with Crippen LogP contribution in [-0.2, 0) is 0 Å². The zero-order valence-electron chi connectivity index (χ0n) is 14.1. The second kappa shape index (κ2) is 6.93. The zero-order chi connectivity index (χ0) is 16.4. The first-order valence-corrected chi connectivity index (χ1v) is 9.27. The third-order valence-corrected chi connectivity index (χ3v) is 5.58. The molecule has 1 unspecified atom stereocenters. The van der Waals surface area contributed by atoms with Gasteiger partial charge in [0.25, 0.3) is 5.91 Å². The van der Waals surface area contributed by atoms with Crippen LogP contribution < -0.4 is 5.32 Å². The van der Waals surface area contributed by atoms with Crippen LogP contribution in [0.2, 0.25) is 0 Å². The number of benzene rings is 1. The quantitative estimate of drug-likeness (QED) is 0.911. The van der Waals surface area contributed by atoms with Gasteiger partial charge < -0.3 is 5.32 Å². The summed E-state index contributed by atoms with van der Waals surface area (Å²) in [5, 5.41) is 11.2. The standard InChI is InChI=1S/C19H26N4O/c24-19(14-8-9-18-15(11-14)12-20-22-18)21-16-5-4-10-23(13-16)17-6-2-1-3-7-17/h8-9,11-12,16-17H,1-7,10,13H2,(H,20,22)(H,21,24). The molecule has 1 amide bonds. The number of carbonyl (C=O) groups excluding carboxylic acids is 1. The molecule has 1 aliphatic carbocycles. The van der Waals surface area contributed by atoms with Gasteiger partial charge >= 0.3 is 0 Å². The number of hydrogen-bond acceptors (Lipinski definition) is 3. The third-order valence-electron chi connectivity index (χ3n) is 5.58. The van der Waals surface area contributed by atoms with E-state index in [0.29, 0.717) is 0 Å². The fraction of sp³-hybridized carbons (Fsp3) is 0.579. The Kier molecular flexibility index (Phi) is 4.52. The van der Waals surface area contributed by atoms with Gasteiger partial charge in [-0.15, -0.1) is 0 Å². The summed E-state index contributed by atoms with van der Waals surface area (Å²) in [6.07, 6.45) is 10.8. The highest BCUT2D eigenvalue weighted by molar-refractivity contribution is 5.98. The molecule has 24 heavy (non-hydrogen) atoms. The first kappa shape index (κ1) is 15.6. The average molecular weight is 326 g/mol. The van der Waals surface area contributed by atoms with E-state index in [4.69, 9.17) is 0 Å². The minimum atomic E-state index is 0.0357. The highest BCUT2D eigenvalue weighted by Gasteiger charge is 2.27. The molecular weight excluding hydrogens is 300 g/mol. The predicted molar refractivity (Wildman–Crippen MR) is 95.0 cm³/mol. The number of amides is 1. The van der Waals surface area contributed by atoms with Crippen molar-refractivity contribution in [2.45, 2.75) is 57.0 Å². The van der Waals surface area contributed by atoms with Crippen LogP contribution in [0, 0.1) is 0 Å². The minimum absolute atomic E-state index is 0.0357. The van der Waals surface area contributed by atoms with Gasteiger partial charge in [-0.2, -0.15) is 5.10 Å². The van der Waals surface area contributed by atoms with Gasteiger partial charge in [0.15, 0.2) is 0 Å². The number of nitrogens with one attached hydrogen (secondary N) is 2. The van der Waals surface area contributed by atoms with Crippen LogP contribution in [-0.4, -0.2) is 46.2 Å². The van der Waals surface area contributed by atoms with Gasteiger partial charge in [0.05, 0.1) is 11.7 Å². The van der Waals surface area contributed by atoms with Crippen LogP contribution >= 0.6 is 0 Å². The summed E-state index contributed by atoms with van der Waals surface area (Å²) in [6.45, 7) is 2.20. The van der Waals surface area contributed by atoms with E-state index in [-0.39, 0.29) is 11.9 Å². The molecular formula is C19H26N4O. The lowest BCUT2D eigenvalue weighted by Gasteiger charge is -2.40. The summed E-state index contributed by atoms with van der Waals surface area (Å²) in [7, 11) is 0. The summed E-state index contributed by atoms with van der Waals surface area (Å²) in [5.41, 5.74) is 1.69. The van der Waals surface area contributed by atoms with Crippen LogP contribution in [0.3, 0.4) is 0 Å². The molecule has 1 saturated carbocycles. The van der Waals surface area contributed by atoms with Crippen LogP contribution in [0.15, 0.2) is 24.4 Å². The molecule has 0 radical (unpaired) electrons. The molecule has 128 valence electrons. The lowest BCUT2D eigenvalue weighted by atomic mass is 9.92. The molecule has 2 fully saturated rings. The Morgan fingerprint density at radius 3 is 2.92 bits per heavy atom. The predicted octanol–water partition coefficient (Wildman–Crippen LogP) is 3.09. The molecule has 4 rings (SSSR count). The van der Waals surface area contributed by atoms with Crippen molar-refractivity contribution < 1.29 is 4.79 Å². The van der Waals surface area contributed by atoms with Crippen molar-refractivity contribution in [3.8, 4) is 0 Å². The number of nitrogens with zero attached hydrogens (tertiary/aromatic N) is 2. The Balaban J connectivity index is 1.39. The highest BCUT2D eigenvalue weighted by atomic mass is 16.1. The van der Waals surface area contributed by atoms with Crippen LogP contribution in [0.4, 0.5) is 0 Å². The SMILES string of the molecule is O=C(NC1CCCN(C2CCCCC2)C1)c1ccc2[nH]ncc2c1. The van der Waals surface area contributed by atoms with Crippen molar-refractivity contribution >= 4 is 16.8 Å². The normalized spacial score (nSPS) is 23.4. The molecule has 1 aliphatic heterocycles. The van der Waals surface area contributed by atoms with Gasteiger partial charge in [0, 0.05) is 29.6 Å². The molecule has 0 bridgehead atoms. The molecule has 2 aliphatic rings. The van der Waals surface area contributed by atoms with Gasteiger partial charge in [0.1, 0.15) is 0 Å². The Hall–Kier alpha value is -1.88. The van der Waals surface area contributed by atoms with Crippen molar-refractivity contribution in [1.82, 2.24) is 20.4 Å². The molecule has 1 aromatic heterocycles. The van der Waals surface area contributed by atoms with E-state index in [0.717, 1.165) is 35.5 Å². The summed E-state index contributed by atoms with van der Waals surface area (Å²) in [4.78, 5) is 15.2. The number of rotatable bonds is 3. The first-order chi connectivity index (χ1) is 11.8. The van der Waals surface area contributed by atoms with Crippen molar-refractivity contribution in [2.75, 3.05) is 13.1 Å². The highest BCUT2D eigenvalue weighted by Crippen LogP contribution is 2.25. The molecule has 0 spiro atoms. The minimum Gasteiger partial charge on any atom is -0.348 e. The van der Waals surface area contributed by atoms with E-state index in [1.54, 1.807) is 6.20 Å². The molecule has 1 aromatic carbocycles. The molecule has 2 heterocycles. The molecule has 5 nitrogen and oxygen atoms in total. The molecule has 5 heteroatoms. The number of carbonyl (C=O) groups is 1.